The van der Waals surface area contributed by atoms with Gasteiger partial charge in [-0.3, -0.25) is 4.79 Å². The Morgan fingerprint density at radius 2 is 1.96 bits per heavy atom. The molecule has 0 aliphatic heterocycles. The highest BCUT2D eigenvalue weighted by Crippen LogP contribution is 2.20. The number of aromatic nitrogens is 3. The standard InChI is InChI=1S/C19H16N4O2/c1-13(14-6-8-16(9-7-14)23-12-20-11-21-23)22-19(24)18-10-15-4-2-3-5-17(15)25-18/h2-13H,1H3,(H,22,24)/t13-/m0/s1. The number of nitrogens with one attached hydrogen (secondary N) is 1. The van der Waals surface area contributed by atoms with E-state index >= 15 is 0 Å². The van der Waals surface area contributed by atoms with Gasteiger partial charge in [0.2, 0.25) is 0 Å². The van der Waals surface area contributed by atoms with E-state index < -0.39 is 0 Å². The number of fused-ring (bicyclic) bond motifs is 1. The first-order valence-corrected chi connectivity index (χ1v) is 7.95. The molecule has 0 fully saturated rings. The quantitative estimate of drug-likeness (QED) is 0.621. The Kier molecular flexibility index (Phi) is 3.78. The molecule has 1 atom stereocenters. The van der Waals surface area contributed by atoms with Gasteiger partial charge in [0.05, 0.1) is 11.7 Å². The number of rotatable bonds is 4. The van der Waals surface area contributed by atoms with Crippen molar-refractivity contribution in [2.75, 3.05) is 0 Å². The molecular weight excluding hydrogens is 316 g/mol. The number of hydrogen-bond acceptors (Lipinski definition) is 4. The predicted molar refractivity (Wildman–Crippen MR) is 93.5 cm³/mol. The molecule has 0 radical (unpaired) electrons. The van der Waals surface area contributed by atoms with Crippen LogP contribution in [0.25, 0.3) is 16.7 Å². The minimum absolute atomic E-state index is 0.148. The van der Waals surface area contributed by atoms with Crippen LogP contribution in [-0.4, -0.2) is 20.7 Å². The Labute approximate surface area is 144 Å². The van der Waals surface area contributed by atoms with Gasteiger partial charge < -0.3 is 9.73 Å². The van der Waals surface area contributed by atoms with Gasteiger partial charge in [-0.1, -0.05) is 30.3 Å². The number of para-hydroxylation sites is 1. The van der Waals surface area contributed by atoms with Crippen molar-refractivity contribution in [1.82, 2.24) is 20.1 Å². The van der Waals surface area contributed by atoms with Gasteiger partial charge in [-0.15, -0.1) is 0 Å². The van der Waals surface area contributed by atoms with Gasteiger partial charge in [-0.2, -0.15) is 5.10 Å². The first-order valence-electron chi connectivity index (χ1n) is 7.95. The number of carbonyl (C=O) groups is 1. The van der Waals surface area contributed by atoms with Gasteiger partial charge in [-0.05, 0) is 36.8 Å². The summed E-state index contributed by atoms with van der Waals surface area (Å²) in [5.74, 6) is 0.0799. The highest BCUT2D eigenvalue weighted by atomic mass is 16.3. The lowest BCUT2D eigenvalue weighted by Gasteiger charge is -2.14. The maximum atomic E-state index is 12.4. The Bertz CT molecular complexity index is 971. The summed E-state index contributed by atoms with van der Waals surface area (Å²) < 4.78 is 7.29. The summed E-state index contributed by atoms with van der Waals surface area (Å²) in [6.45, 7) is 1.94. The van der Waals surface area contributed by atoms with Crippen LogP contribution < -0.4 is 5.32 Å². The lowest BCUT2D eigenvalue weighted by molar-refractivity contribution is 0.0914. The zero-order chi connectivity index (χ0) is 17.2. The van der Waals surface area contributed by atoms with Crippen LogP contribution >= 0.6 is 0 Å². The van der Waals surface area contributed by atoms with Crippen molar-refractivity contribution in [2.45, 2.75) is 13.0 Å². The van der Waals surface area contributed by atoms with E-state index in [0.717, 1.165) is 16.6 Å². The predicted octanol–water partition coefficient (Wildman–Crippen LogP) is 3.50. The van der Waals surface area contributed by atoms with Crippen molar-refractivity contribution in [3.63, 3.8) is 0 Å². The summed E-state index contributed by atoms with van der Waals surface area (Å²) in [7, 11) is 0. The minimum Gasteiger partial charge on any atom is -0.451 e. The third-order valence-corrected chi connectivity index (χ3v) is 4.07. The van der Waals surface area contributed by atoms with Crippen LogP contribution in [0.5, 0.6) is 0 Å². The lowest BCUT2D eigenvalue weighted by Crippen LogP contribution is -2.26. The molecular formula is C19H16N4O2. The molecule has 0 saturated carbocycles. The molecule has 0 saturated heterocycles. The largest absolute Gasteiger partial charge is 0.451 e. The number of furan rings is 1. The second-order valence-corrected chi connectivity index (χ2v) is 5.78. The third kappa shape index (κ3) is 3.01. The molecule has 4 aromatic rings. The summed E-state index contributed by atoms with van der Waals surface area (Å²) in [4.78, 5) is 16.4. The fourth-order valence-corrected chi connectivity index (χ4v) is 2.70. The fraction of sp³-hybridized carbons (Fsp3) is 0.105. The Hall–Kier alpha value is -3.41. The molecule has 0 bridgehead atoms. The average Bonchev–Trinajstić information content (AvgIpc) is 3.31. The second-order valence-electron chi connectivity index (χ2n) is 5.78. The van der Waals surface area contributed by atoms with Crippen LogP contribution in [-0.2, 0) is 0 Å². The van der Waals surface area contributed by atoms with Crippen LogP contribution in [0, 0.1) is 0 Å². The van der Waals surface area contributed by atoms with Crippen LogP contribution in [0.1, 0.15) is 29.1 Å². The van der Waals surface area contributed by atoms with E-state index in [2.05, 4.69) is 15.4 Å². The van der Waals surface area contributed by atoms with Crippen LogP contribution in [0.4, 0.5) is 0 Å². The fourth-order valence-electron chi connectivity index (χ4n) is 2.70. The van der Waals surface area contributed by atoms with E-state index in [1.54, 1.807) is 17.1 Å². The Morgan fingerprint density at radius 3 is 2.68 bits per heavy atom. The van der Waals surface area contributed by atoms with E-state index in [-0.39, 0.29) is 11.9 Å². The maximum absolute atomic E-state index is 12.4. The number of amides is 1. The molecule has 6 heteroatoms. The highest BCUT2D eigenvalue weighted by Gasteiger charge is 2.15. The van der Waals surface area contributed by atoms with Crippen molar-refractivity contribution < 1.29 is 9.21 Å². The van der Waals surface area contributed by atoms with Crippen molar-refractivity contribution >= 4 is 16.9 Å². The van der Waals surface area contributed by atoms with E-state index in [1.807, 2.05) is 55.5 Å². The van der Waals surface area contributed by atoms with E-state index in [1.165, 1.54) is 6.33 Å². The molecule has 0 aliphatic rings. The first-order chi connectivity index (χ1) is 12.2. The van der Waals surface area contributed by atoms with Gasteiger partial charge in [0.25, 0.3) is 5.91 Å². The van der Waals surface area contributed by atoms with Gasteiger partial charge in [0.15, 0.2) is 5.76 Å². The topological polar surface area (TPSA) is 73.0 Å². The molecule has 0 unspecified atom stereocenters. The maximum Gasteiger partial charge on any atom is 0.287 e. The molecule has 124 valence electrons. The van der Waals surface area contributed by atoms with Gasteiger partial charge in [0, 0.05) is 5.39 Å². The molecule has 0 aliphatic carbocycles. The number of nitrogens with zero attached hydrogens (tertiary/aromatic N) is 3. The number of carbonyl (C=O) groups excluding carboxylic acids is 1. The summed E-state index contributed by atoms with van der Waals surface area (Å²) in [6, 6.07) is 17.0. The molecule has 2 aromatic heterocycles. The highest BCUT2D eigenvalue weighted by molar-refractivity contribution is 5.96. The number of hydrogen-bond donors (Lipinski definition) is 1. The van der Waals surface area contributed by atoms with Crippen LogP contribution in [0.3, 0.4) is 0 Å². The van der Waals surface area contributed by atoms with Gasteiger partial charge >= 0.3 is 0 Å². The second kappa shape index (κ2) is 6.24. The summed E-state index contributed by atoms with van der Waals surface area (Å²) in [5, 5.41) is 7.97. The summed E-state index contributed by atoms with van der Waals surface area (Å²) >= 11 is 0. The third-order valence-electron chi connectivity index (χ3n) is 4.07. The average molecular weight is 332 g/mol. The zero-order valence-corrected chi connectivity index (χ0v) is 13.6. The smallest absolute Gasteiger partial charge is 0.287 e. The van der Waals surface area contributed by atoms with Crippen LogP contribution in [0.15, 0.2) is 71.7 Å². The summed E-state index contributed by atoms with van der Waals surface area (Å²) in [6.07, 6.45) is 3.13. The van der Waals surface area contributed by atoms with Gasteiger partial charge in [0.1, 0.15) is 18.2 Å². The van der Waals surface area contributed by atoms with E-state index in [9.17, 15) is 4.79 Å². The van der Waals surface area contributed by atoms with Crippen LogP contribution in [0.2, 0.25) is 0 Å². The molecule has 2 aromatic carbocycles. The van der Waals surface area contributed by atoms with Gasteiger partial charge in [-0.25, -0.2) is 9.67 Å². The first kappa shape index (κ1) is 15.1. The van der Waals surface area contributed by atoms with E-state index in [4.69, 9.17) is 4.42 Å². The molecule has 1 N–H and O–H groups in total. The van der Waals surface area contributed by atoms with Crippen molar-refractivity contribution in [1.29, 1.82) is 0 Å². The molecule has 0 spiro atoms. The SMILES string of the molecule is C[C@H](NC(=O)c1cc2ccccc2o1)c1ccc(-n2cncn2)cc1. The zero-order valence-electron chi connectivity index (χ0n) is 13.6. The number of benzene rings is 2. The molecule has 4 rings (SSSR count). The minimum atomic E-state index is -0.232. The van der Waals surface area contributed by atoms with Crippen molar-refractivity contribution in [2.24, 2.45) is 0 Å². The molecule has 1 amide bonds. The van der Waals surface area contributed by atoms with Crippen molar-refractivity contribution in [3.05, 3.63) is 78.6 Å². The molecule has 2 heterocycles. The monoisotopic (exact) mass is 332 g/mol. The van der Waals surface area contributed by atoms with E-state index in [0.29, 0.717) is 11.3 Å². The summed E-state index contributed by atoms with van der Waals surface area (Å²) in [5.41, 5.74) is 2.61. The van der Waals surface area contributed by atoms with Crippen molar-refractivity contribution in [3.8, 4) is 5.69 Å². The lowest BCUT2D eigenvalue weighted by atomic mass is 10.1. The Balaban J connectivity index is 1.49. The molecule has 6 nitrogen and oxygen atoms in total. The Morgan fingerprint density at radius 1 is 1.16 bits per heavy atom. The normalized spacial score (nSPS) is 12.2. The molecule has 25 heavy (non-hydrogen) atoms.